The Hall–Kier alpha value is 12.1. The molecule has 63 heavy (non-hydrogen) atoms. The molecule has 0 aromatic heterocycles. The molecular formula is C23H67O9P31. The van der Waals surface area contributed by atoms with Gasteiger partial charge in [0.25, 0.3) is 0 Å². The van der Waals surface area contributed by atoms with Crippen LogP contribution < -0.4 is 0 Å². The highest BCUT2D eigenvalue weighted by Gasteiger charge is 2.77. The van der Waals surface area contributed by atoms with Crippen molar-refractivity contribution in [2.75, 3.05) is 19.6 Å². The average Bonchev–Trinajstić information content (AvgIpc) is 3.49. The van der Waals surface area contributed by atoms with E-state index in [1.54, 1.807) is 0 Å². The monoisotopic (exact) mass is 1450 g/mol. The minimum Gasteiger partial charge on any atom is -0.426 e. The molecular weight excluding hydrogens is 1380 g/mol. The van der Waals surface area contributed by atoms with E-state index in [-0.39, 0.29) is 6.42 Å². The van der Waals surface area contributed by atoms with Gasteiger partial charge in [0.1, 0.15) is 5.60 Å². The van der Waals surface area contributed by atoms with Gasteiger partial charge in [-0.25, -0.2) is 4.79 Å². The Morgan fingerprint density at radius 3 is 1.78 bits per heavy atom. The van der Waals surface area contributed by atoms with Crippen LogP contribution in [0.2, 0.25) is 0 Å². The van der Waals surface area contributed by atoms with E-state index in [1.807, 2.05) is 0 Å². The van der Waals surface area contributed by atoms with Crippen molar-refractivity contribution in [3.8, 4) is 0 Å². The Morgan fingerprint density at radius 2 is 1.32 bits per heavy atom. The Balaban J connectivity index is 2.20. The summed E-state index contributed by atoms with van der Waals surface area (Å²) in [5.74, 6) is -0.747. The van der Waals surface area contributed by atoms with Crippen molar-refractivity contribution in [2.45, 2.75) is 88.7 Å². The fraction of sp³-hybridized carbons (Fsp3) is 0.870. The molecule has 2 bridgehead atoms. The number of aliphatic hydroxyl groups excluding tert-OH is 2. The third-order valence-electron chi connectivity index (χ3n) is 11.8. The number of rotatable bonds is 21. The summed E-state index contributed by atoms with van der Waals surface area (Å²) < 4.78 is 43.7. The van der Waals surface area contributed by atoms with E-state index < -0.39 is 164 Å². The van der Waals surface area contributed by atoms with Crippen molar-refractivity contribution in [1.29, 1.82) is 0 Å². The van der Waals surface area contributed by atoms with Crippen LogP contribution in [0.1, 0.15) is 47.0 Å². The molecule has 1 heterocycles. The van der Waals surface area contributed by atoms with Crippen molar-refractivity contribution in [2.24, 2.45) is 16.7 Å². The summed E-state index contributed by atoms with van der Waals surface area (Å²) in [6.45, 7) is 5.02. The van der Waals surface area contributed by atoms with Gasteiger partial charge < -0.3 is 38.0 Å². The molecule has 23 unspecified atom stereocenters. The van der Waals surface area contributed by atoms with Gasteiger partial charge >= 0.3 is 6.16 Å². The van der Waals surface area contributed by atoms with Gasteiger partial charge in [0, 0.05) is 50.6 Å². The van der Waals surface area contributed by atoms with Gasteiger partial charge in [0.05, 0.1) is 59.9 Å². The molecule has 0 aromatic rings. The van der Waals surface area contributed by atoms with Crippen molar-refractivity contribution >= 4 is 258 Å². The first kappa shape index (κ1) is 67.6. The third-order valence-corrected chi connectivity index (χ3v) is 153. The largest absolute Gasteiger partial charge is 0.509 e. The zero-order chi connectivity index (χ0) is 47.9. The smallest absolute Gasteiger partial charge is 0.426 e. The first-order chi connectivity index (χ1) is 29.1. The van der Waals surface area contributed by atoms with E-state index in [9.17, 15) is 15.0 Å². The maximum atomic E-state index is 14.3. The van der Waals surface area contributed by atoms with E-state index in [1.165, 1.54) is 0 Å². The van der Waals surface area contributed by atoms with Gasteiger partial charge in [-0.05, 0) is 80.1 Å². The molecule has 1 saturated heterocycles. The van der Waals surface area contributed by atoms with E-state index in [0.717, 1.165) is 11.1 Å². The molecule has 1 spiro atoms. The minimum atomic E-state index is -1.50. The Bertz CT molecular complexity index is 1550. The van der Waals surface area contributed by atoms with Crippen LogP contribution in [0.15, 0.2) is 11.1 Å². The number of aliphatic hydroxyl groups is 2. The number of fused-ring (bicyclic) bond motifs is 3. The predicted molar refractivity (Wildman–Crippen MR) is 370 cm³/mol. The lowest BCUT2D eigenvalue weighted by atomic mass is 9.46. The van der Waals surface area contributed by atoms with Crippen molar-refractivity contribution < 1.29 is 42.8 Å². The maximum absolute atomic E-state index is 14.3. The average molecular weight is 1450 g/mol. The molecule has 1 aliphatic heterocycles. The Labute approximate surface area is 433 Å². The van der Waals surface area contributed by atoms with Crippen LogP contribution in [0.25, 0.3) is 0 Å². The summed E-state index contributed by atoms with van der Waals surface area (Å²) >= 11 is 0. The molecule has 2 N–H and O–H groups in total. The van der Waals surface area contributed by atoms with Gasteiger partial charge in [-0.15, -0.1) is 134 Å². The van der Waals surface area contributed by atoms with Crippen LogP contribution in [0, 0.1) is 16.7 Å². The molecule has 3 fully saturated rings. The molecule has 4 rings (SSSR count). The normalized spacial score (nSPS) is 34.6. The second-order valence-corrected chi connectivity index (χ2v) is 123. The molecule has 4 aliphatic rings. The van der Waals surface area contributed by atoms with Crippen LogP contribution in [-0.4, -0.2) is 77.7 Å². The summed E-state index contributed by atoms with van der Waals surface area (Å²) in [5, 5.41) is 24.6. The quantitative estimate of drug-likeness (QED) is 0.0659. The highest BCUT2D eigenvalue weighted by Crippen LogP contribution is 3.18. The van der Waals surface area contributed by atoms with Gasteiger partial charge in [-0.2, -0.15) is 0 Å². The standard InChI is InChI=1S/C23H67O9P31/c1-11-12(30-53(61(48)57(40)41)63(59(44)45)60(46)47)8-23-18(28-19(26)29-23)17-21(4,7-13(16(11)20(23,2)3)31-52(56(38)39)62(50-33)58(42)43)15(32-51(54(34)35)55(36)37)6-14(25)22(17,9-24)27-10-49-5/h12-15,17-18,24-25,49-50H,6-10,33-48H2,1-5H3/t12-,13+,14+,15-,17-,18-,21+,22?,23+,52?,53?,61?,62?/m0/s1. The molecule has 368 valence electrons. The molecule has 31 atom stereocenters. The fourth-order valence-corrected chi connectivity index (χ4v) is 205. The lowest BCUT2D eigenvalue weighted by Crippen LogP contribution is -2.75. The second-order valence-electron chi connectivity index (χ2n) is 15.6. The number of ether oxygens (including phenoxy) is 3. The SMILES string of the molecule is CPCOC1(CO)[C@H](O)C[C@H](OP(P(P)P)P(P)P)[C@@]2(C)C[C@@H](OP(P(P)P)P(PP)P(P)P)C3=C(C)[C@@H](OP(P(P)P(P)P)P(P(P)P)P(P)P)C[C@]4(OC(=O)O[C@H]4[C@H]12)C3(C)C. The van der Waals surface area contributed by atoms with Crippen molar-refractivity contribution in [1.82, 2.24) is 0 Å². The number of hydrogen-bond donors (Lipinski definition) is 2. The Kier molecular flexibility index (Phi) is 32.1. The van der Waals surface area contributed by atoms with Crippen LogP contribution in [-0.2, 0) is 27.8 Å². The summed E-state index contributed by atoms with van der Waals surface area (Å²) in [4.78, 5) is 14.3. The lowest BCUT2D eigenvalue weighted by Gasteiger charge is -2.65. The molecule has 0 radical (unpaired) electrons. The molecule has 0 amide bonds. The molecule has 40 heteroatoms. The second kappa shape index (κ2) is 29.9. The van der Waals surface area contributed by atoms with Gasteiger partial charge in [-0.1, -0.05) is 46.2 Å². The lowest BCUT2D eigenvalue weighted by molar-refractivity contribution is -0.279. The highest BCUT2D eigenvalue weighted by atomic mass is 33.2. The van der Waals surface area contributed by atoms with E-state index in [4.69, 9.17) is 27.8 Å². The van der Waals surface area contributed by atoms with Crippen LogP contribution in [0.3, 0.4) is 0 Å². The predicted octanol–water partition coefficient (Wildman–Crippen LogP) is 19.4. The number of hydrogen-bond acceptors (Lipinski definition) is 9. The first-order valence-corrected chi connectivity index (χ1v) is 72.3. The number of carbonyl (C=O) groups is 1. The molecule has 0 aromatic carbocycles. The van der Waals surface area contributed by atoms with Gasteiger partial charge in [0.15, 0.2) is 11.7 Å². The molecule has 9 nitrogen and oxygen atoms in total. The summed E-state index contributed by atoms with van der Waals surface area (Å²) in [6, 6.07) is 0. The summed E-state index contributed by atoms with van der Waals surface area (Å²) in [5.41, 5.74) is -2.18. The van der Waals surface area contributed by atoms with Crippen molar-refractivity contribution in [3.05, 3.63) is 11.1 Å². The minimum absolute atomic E-state index is 0.250. The zero-order valence-corrected chi connectivity index (χ0v) is 67.4. The fourth-order valence-electron chi connectivity index (χ4n) is 9.18. The summed E-state index contributed by atoms with van der Waals surface area (Å²) in [7, 11) is 47.6. The summed E-state index contributed by atoms with van der Waals surface area (Å²) in [6.07, 6.45) is -2.67. The first-order valence-electron chi connectivity index (χ1n) is 18.4. The highest BCUT2D eigenvalue weighted by molar-refractivity contribution is 9.19. The molecule has 2 saturated carbocycles. The Morgan fingerprint density at radius 1 is 0.762 bits per heavy atom. The van der Waals surface area contributed by atoms with Crippen LogP contribution >= 0.6 is 252 Å². The van der Waals surface area contributed by atoms with Crippen LogP contribution in [0.4, 0.5) is 4.79 Å². The topological polar surface area (TPSA) is 113 Å². The maximum Gasteiger partial charge on any atom is 0.509 e. The van der Waals surface area contributed by atoms with Gasteiger partial charge in [0.2, 0.25) is 0 Å². The van der Waals surface area contributed by atoms with E-state index in [0.29, 0.717) is 35.7 Å². The number of carbonyl (C=O) groups excluding carboxylic acids is 1. The third kappa shape index (κ3) is 15.4. The van der Waals surface area contributed by atoms with Gasteiger partial charge in [-0.3, -0.25) is 0 Å². The van der Waals surface area contributed by atoms with Crippen LogP contribution in [0.5, 0.6) is 0 Å². The van der Waals surface area contributed by atoms with E-state index >= 15 is 0 Å². The van der Waals surface area contributed by atoms with E-state index in [2.05, 4.69) is 177 Å². The van der Waals surface area contributed by atoms with Crippen molar-refractivity contribution in [3.63, 3.8) is 0 Å². The molecule has 3 aliphatic carbocycles. The zero-order valence-electron chi connectivity index (χ0n) is 35.3.